The Morgan fingerprint density at radius 1 is 1.67 bits per heavy atom. The number of aliphatic hydroxyl groups excluding tert-OH is 1. The van der Waals surface area contributed by atoms with Gasteiger partial charge in [-0.2, -0.15) is 0 Å². The number of imidazole rings is 1. The Labute approximate surface area is 131 Å². The van der Waals surface area contributed by atoms with E-state index in [-0.39, 0.29) is 17.9 Å². The number of thiazole rings is 1. The maximum atomic E-state index is 12.2. The predicted octanol–water partition coefficient (Wildman–Crippen LogP) is 2.29. The van der Waals surface area contributed by atoms with Crippen LogP contribution in [-0.4, -0.2) is 44.5 Å². The monoisotopic (exact) mass is 325 g/mol. The summed E-state index contributed by atoms with van der Waals surface area (Å²) in [6.45, 7) is 3.06. The molecule has 21 heavy (non-hydrogen) atoms. The van der Waals surface area contributed by atoms with Crippen LogP contribution in [0, 0.1) is 5.92 Å². The van der Waals surface area contributed by atoms with Crippen LogP contribution in [0.4, 0.5) is 0 Å². The highest BCUT2D eigenvalue weighted by atomic mass is 35.5. The van der Waals surface area contributed by atoms with E-state index in [1.165, 1.54) is 17.4 Å². The molecule has 1 N–H and O–H groups in total. The molecule has 2 unspecified atom stereocenters. The van der Waals surface area contributed by atoms with Gasteiger partial charge in [-0.15, -0.1) is 11.3 Å². The standard InChI is InChI=1S/C14H16ClN3O2S/c1-9(19)10-4-5-17(8-10)12(20)3-2-11-13(15)16-14-18(11)6-7-21-14/h2-3,6-7,9-10,19H,4-5,8H2,1H3/b3-2+. The lowest BCUT2D eigenvalue weighted by Crippen LogP contribution is -2.28. The van der Waals surface area contributed by atoms with E-state index in [4.69, 9.17) is 11.6 Å². The van der Waals surface area contributed by atoms with E-state index < -0.39 is 0 Å². The van der Waals surface area contributed by atoms with Gasteiger partial charge in [0, 0.05) is 36.7 Å². The fourth-order valence-corrected chi connectivity index (χ4v) is 3.57. The van der Waals surface area contributed by atoms with Crippen molar-refractivity contribution in [3.8, 4) is 0 Å². The molecule has 3 rings (SSSR count). The van der Waals surface area contributed by atoms with E-state index in [2.05, 4.69) is 4.98 Å². The van der Waals surface area contributed by atoms with Crippen molar-refractivity contribution in [2.75, 3.05) is 13.1 Å². The van der Waals surface area contributed by atoms with Gasteiger partial charge in [0.05, 0.1) is 11.8 Å². The number of aliphatic hydroxyl groups is 1. The quantitative estimate of drug-likeness (QED) is 0.881. The normalized spacial score (nSPS) is 20.7. The number of fused-ring (bicyclic) bond motifs is 1. The van der Waals surface area contributed by atoms with Crippen LogP contribution in [-0.2, 0) is 4.79 Å². The van der Waals surface area contributed by atoms with Crippen LogP contribution in [0.25, 0.3) is 11.0 Å². The smallest absolute Gasteiger partial charge is 0.246 e. The Morgan fingerprint density at radius 2 is 2.48 bits per heavy atom. The summed E-state index contributed by atoms with van der Waals surface area (Å²) in [6, 6.07) is 0. The Bertz CT molecular complexity index is 692. The first kappa shape index (κ1) is 14.6. The third-order valence-corrected chi connectivity index (χ3v) is 4.89. The summed E-state index contributed by atoms with van der Waals surface area (Å²) in [5.74, 6) is 0.115. The number of likely N-dealkylation sites (tertiary alicyclic amines) is 1. The molecule has 1 aliphatic rings. The van der Waals surface area contributed by atoms with Crippen molar-refractivity contribution in [2.24, 2.45) is 5.92 Å². The highest BCUT2D eigenvalue weighted by Crippen LogP contribution is 2.23. The molecule has 7 heteroatoms. The average molecular weight is 326 g/mol. The Morgan fingerprint density at radius 3 is 3.19 bits per heavy atom. The zero-order valence-electron chi connectivity index (χ0n) is 11.6. The summed E-state index contributed by atoms with van der Waals surface area (Å²) < 4.78 is 1.86. The minimum atomic E-state index is -0.374. The second-order valence-electron chi connectivity index (χ2n) is 5.25. The van der Waals surface area contributed by atoms with Crippen molar-refractivity contribution < 1.29 is 9.90 Å². The van der Waals surface area contributed by atoms with E-state index in [1.54, 1.807) is 17.9 Å². The van der Waals surface area contributed by atoms with E-state index >= 15 is 0 Å². The molecule has 5 nitrogen and oxygen atoms in total. The summed E-state index contributed by atoms with van der Waals surface area (Å²) in [4.78, 5) is 19.0. The molecule has 1 saturated heterocycles. The summed E-state index contributed by atoms with van der Waals surface area (Å²) in [6.07, 6.45) is 5.58. The fourth-order valence-electron chi connectivity index (χ4n) is 2.56. The van der Waals surface area contributed by atoms with E-state index in [1.807, 2.05) is 16.0 Å². The third kappa shape index (κ3) is 2.84. The fraction of sp³-hybridized carbons (Fsp3) is 0.429. The molecule has 2 aromatic heterocycles. The first-order valence-electron chi connectivity index (χ1n) is 6.82. The summed E-state index contributed by atoms with van der Waals surface area (Å²) in [5.41, 5.74) is 0.715. The van der Waals surface area contributed by atoms with Crippen LogP contribution in [0.5, 0.6) is 0 Å². The number of hydrogen-bond donors (Lipinski definition) is 1. The molecule has 0 saturated carbocycles. The van der Waals surface area contributed by atoms with Crippen LogP contribution in [0.3, 0.4) is 0 Å². The molecular weight excluding hydrogens is 310 g/mol. The lowest BCUT2D eigenvalue weighted by atomic mass is 10.0. The first-order valence-corrected chi connectivity index (χ1v) is 8.08. The second-order valence-corrected chi connectivity index (χ2v) is 6.48. The van der Waals surface area contributed by atoms with Gasteiger partial charge in [-0.25, -0.2) is 4.98 Å². The van der Waals surface area contributed by atoms with Gasteiger partial charge in [0.2, 0.25) is 5.91 Å². The van der Waals surface area contributed by atoms with Gasteiger partial charge in [0.1, 0.15) is 0 Å². The second kappa shape index (κ2) is 5.79. The van der Waals surface area contributed by atoms with Crippen molar-refractivity contribution in [3.63, 3.8) is 0 Å². The van der Waals surface area contributed by atoms with Gasteiger partial charge in [-0.05, 0) is 19.4 Å². The van der Waals surface area contributed by atoms with E-state index in [0.717, 1.165) is 11.4 Å². The Hall–Kier alpha value is -1.37. The topological polar surface area (TPSA) is 57.8 Å². The largest absolute Gasteiger partial charge is 0.393 e. The predicted molar refractivity (Wildman–Crippen MR) is 83.5 cm³/mol. The SMILES string of the molecule is CC(O)C1CCN(C(=O)/C=C/c2c(Cl)nc3sccn23)C1. The molecule has 3 heterocycles. The average Bonchev–Trinajstić information content (AvgIpc) is 3.11. The lowest BCUT2D eigenvalue weighted by molar-refractivity contribution is -0.125. The van der Waals surface area contributed by atoms with Crippen LogP contribution in [0.2, 0.25) is 5.15 Å². The van der Waals surface area contributed by atoms with Gasteiger partial charge in [0.15, 0.2) is 10.1 Å². The van der Waals surface area contributed by atoms with E-state index in [0.29, 0.717) is 23.9 Å². The van der Waals surface area contributed by atoms with Crippen LogP contribution < -0.4 is 0 Å². The van der Waals surface area contributed by atoms with Crippen LogP contribution >= 0.6 is 22.9 Å². The van der Waals surface area contributed by atoms with Gasteiger partial charge in [0.25, 0.3) is 0 Å². The van der Waals surface area contributed by atoms with Crippen molar-refractivity contribution >= 4 is 39.9 Å². The van der Waals surface area contributed by atoms with Gasteiger partial charge < -0.3 is 10.0 Å². The summed E-state index contributed by atoms with van der Waals surface area (Å²) in [5, 5.41) is 11.9. The van der Waals surface area contributed by atoms with Crippen molar-refractivity contribution in [2.45, 2.75) is 19.4 Å². The molecule has 0 radical (unpaired) electrons. The van der Waals surface area contributed by atoms with Gasteiger partial charge in [-0.3, -0.25) is 9.20 Å². The highest BCUT2D eigenvalue weighted by molar-refractivity contribution is 7.15. The molecule has 1 fully saturated rings. The third-order valence-electron chi connectivity index (χ3n) is 3.86. The van der Waals surface area contributed by atoms with Crippen molar-refractivity contribution in [1.82, 2.24) is 14.3 Å². The Kier molecular flexibility index (Phi) is 4.01. The molecular formula is C14H16ClN3O2S. The number of amides is 1. The number of aromatic nitrogens is 2. The summed E-state index contributed by atoms with van der Waals surface area (Å²) >= 11 is 7.58. The van der Waals surface area contributed by atoms with Gasteiger partial charge in [-0.1, -0.05) is 11.6 Å². The molecule has 0 spiro atoms. The summed E-state index contributed by atoms with van der Waals surface area (Å²) in [7, 11) is 0. The maximum Gasteiger partial charge on any atom is 0.246 e. The van der Waals surface area contributed by atoms with Crippen molar-refractivity contribution in [3.05, 3.63) is 28.5 Å². The first-order chi connectivity index (χ1) is 10.1. The maximum absolute atomic E-state index is 12.2. The minimum Gasteiger partial charge on any atom is -0.393 e. The number of carbonyl (C=O) groups excluding carboxylic acids is 1. The zero-order chi connectivity index (χ0) is 15.0. The molecule has 0 bridgehead atoms. The number of carbonyl (C=O) groups is 1. The number of halogens is 1. The Balaban J connectivity index is 1.73. The van der Waals surface area contributed by atoms with Crippen molar-refractivity contribution in [1.29, 1.82) is 0 Å². The molecule has 1 amide bonds. The highest BCUT2D eigenvalue weighted by Gasteiger charge is 2.27. The van der Waals surface area contributed by atoms with E-state index in [9.17, 15) is 9.90 Å². The number of rotatable bonds is 3. The molecule has 112 valence electrons. The van der Waals surface area contributed by atoms with Gasteiger partial charge >= 0.3 is 0 Å². The minimum absolute atomic E-state index is 0.0561. The van der Waals surface area contributed by atoms with Crippen LogP contribution in [0.15, 0.2) is 17.7 Å². The number of hydrogen-bond acceptors (Lipinski definition) is 4. The number of nitrogens with zero attached hydrogens (tertiary/aromatic N) is 3. The van der Waals surface area contributed by atoms with Crippen LogP contribution in [0.1, 0.15) is 19.0 Å². The molecule has 2 atom stereocenters. The molecule has 2 aromatic rings. The molecule has 1 aliphatic heterocycles. The lowest BCUT2D eigenvalue weighted by Gasteiger charge is -2.15. The molecule has 0 aliphatic carbocycles. The molecule has 0 aromatic carbocycles. The zero-order valence-corrected chi connectivity index (χ0v) is 13.1.